The van der Waals surface area contributed by atoms with Gasteiger partial charge in [-0.05, 0) is 36.8 Å². The topological polar surface area (TPSA) is 59.6 Å². The monoisotopic (exact) mass is 318 g/mol. The van der Waals surface area contributed by atoms with E-state index in [1.165, 1.54) is 0 Å². The van der Waals surface area contributed by atoms with Gasteiger partial charge in [0.25, 0.3) is 0 Å². The van der Waals surface area contributed by atoms with Crippen LogP contribution in [0.1, 0.15) is 5.56 Å². The Morgan fingerprint density at radius 2 is 2.05 bits per heavy atom. The van der Waals surface area contributed by atoms with Crippen LogP contribution in [0.25, 0.3) is 0 Å². The molecule has 5 nitrogen and oxygen atoms in total. The number of hydrogen-bond acceptors (Lipinski definition) is 4. The van der Waals surface area contributed by atoms with Gasteiger partial charge < -0.3 is 20.1 Å². The van der Waals surface area contributed by atoms with Crippen LogP contribution in [-0.4, -0.2) is 19.2 Å². The summed E-state index contributed by atoms with van der Waals surface area (Å²) in [6.45, 7) is 2.24. The number of rotatable bonds is 4. The first-order valence-corrected chi connectivity index (χ1v) is 7.20. The van der Waals surface area contributed by atoms with Crippen LogP contribution in [0.5, 0.6) is 11.5 Å². The van der Waals surface area contributed by atoms with E-state index in [0.717, 1.165) is 11.3 Å². The van der Waals surface area contributed by atoms with Gasteiger partial charge in [0.1, 0.15) is 0 Å². The highest BCUT2D eigenvalue weighted by Crippen LogP contribution is 2.34. The molecular weight excluding hydrogens is 304 g/mol. The van der Waals surface area contributed by atoms with Gasteiger partial charge in [0.15, 0.2) is 11.5 Å². The minimum atomic E-state index is -0.150. The molecule has 0 saturated carbocycles. The molecule has 0 aliphatic carbocycles. The van der Waals surface area contributed by atoms with Gasteiger partial charge in [-0.2, -0.15) is 0 Å². The zero-order valence-electron chi connectivity index (χ0n) is 12.0. The van der Waals surface area contributed by atoms with Gasteiger partial charge >= 0.3 is 0 Å². The zero-order chi connectivity index (χ0) is 15.5. The summed E-state index contributed by atoms with van der Waals surface area (Å²) < 4.78 is 10.5. The molecule has 0 fully saturated rings. The lowest BCUT2D eigenvalue weighted by Gasteiger charge is -2.11. The van der Waals surface area contributed by atoms with E-state index in [1.54, 1.807) is 18.2 Å². The molecule has 0 unspecified atom stereocenters. The first-order chi connectivity index (χ1) is 10.6. The molecule has 3 rings (SSSR count). The van der Waals surface area contributed by atoms with Crippen LogP contribution in [0.15, 0.2) is 36.4 Å². The molecule has 0 saturated heterocycles. The molecule has 0 radical (unpaired) electrons. The SMILES string of the molecule is Cc1c(Cl)cccc1NC(=O)CNc1ccc2c(c1)OCO2. The Hall–Kier alpha value is -2.40. The van der Waals surface area contributed by atoms with Crippen LogP contribution in [0.2, 0.25) is 5.02 Å². The van der Waals surface area contributed by atoms with E-state index in [2.05, 4.69) is 10.6 Å². The summed E-state index contributed by atoms with van der Waals surface area (Å²) in [7, 11) is 0. The third kappa shape index (κ3) is 3.09. The number of ether oxygens (including phenoxy) is 2. The molecule has 1 aliphatic rings. The number of nitrogens with one attached hydrogen (secondary N) is 2. The first kappa shape index (κ1) is 14.5. The van der Waals surface area contributed by atoms with Gasteiger partial charge in [-0.15, -0.1) is 0 Å². The van der Waals surface area contributed by atoms with Gasteiger partial charge in [-0.25, -0.2) is 0 Å². The van der Waals surface area contributed by atoms with Crippen LogP contribution in [-0.2, 0) is 4.79 Å². The molecular formula is C16H15ClN2O3. The molecule has 0 bridgehead atoms. The summed E-state index contributed by atoms with van der Waals surface area (Å²) in [5, 5.41) is 6.51. The normalized spacial score (nSPS) is 12.1. The van der Waals surface area contributed by atoms with Crippen LogP contribution in [0, 0.1) is 6.92 Å². The smallest absolute Gasteiger partial charge is 0.243 e. The summed E-state index contributed by atoms with van der Waals surface area (Å²) in [5.74, 6) is 1.24. The molecule has 6 heteroatoms. The molecule has 1 aliphatic heterocycles. The van der Waals surface area contributed by atoms with Gasteiger partial charge in [-0.3, -0.25) is 4.79 Å². The Bertz CT molecular complexity index is 719. The lowest BCUT2D eigenvalue weighted by Crippen LogP contribution is -2.22. The molecule has 2 aromatic carbocycles. The zero-order valence-corrected chi connectivity index (χ0v) is 12.7. The van der Waals surface area contributed by atoms with Crippen molar-refractivity contribution in [1.29, 1.82) is 0 Å². The number of hydrogen-bond donors (Lipinski definition) is 2. The summed E-state index contributed by atoms with van der Waals surface area (Å²) in [6, 6.07) is 10.9. The Morgan fingerprint density at radius 1 is 1.23 bits per heavy atom. The van der Waals surface area contributed by atoms with Crippen LogP contribution in [0.4, 0.5) is 11.4 Å². The Morgan fingerprint density at radius 3 is 2.91 bits per heavy atom. The third-order valence-electron chi connectivity index (χ3n) is 3.37. The molecule has 2 aromatic rings. The number of amides is 1. The maximum atomic E-state index is 12.0. The van der Waals surface area contributed by atoms with Crippen molar-refractivity contribution in [3.05, 3.63) is 47.0 Å². The van der Waals surface area contributed by atoms with E-state index in [0.29, 0.717) is 22.2 Å². The Labute approximate surface area is 133 Å². The number of anilines is 2. The van der Waals surface area contributed by atoms with Crippen molar-refractivity contribution >= 4 is 28.9 Å². The van der Waals surface area contributed by atoms with E-state index in [9.17, 15) is 4.79 Å². The van der Waals surface area contributed by atoms with Crippen molar-refractivity contribution in [1.82, 2.24) is 0 Å². The summed E-state index contributed by atoms with van der Waals surface area (Å²) >= 11 is 6.03. The lowest BCUT2D eigenvalue weighted by molar-refractivity contribution is -0.114. The fraction of sp³-hybridized carbons (Fsp3) is 0.188. The molecule has 0 atom stereocenters. The highest BCUT2D eigenvalue weighted by atomic mass is 35.5. The van der Waals surface area contributed by atoms with E-state index in [1.807, 2.05) is 25.1 Å². The van der Waals surface area contributed by atoms with E-state index in [-0.39, 0.29) is 19.2 Å². The largest absolute Gasteiger partial charge is 0.454 e. The average Bonchev–Trinajstić information content (AvgIpc) is 2.97. The molecule has 0 spiro atoms. The van der Waals surface area contributed by atoms with Crippen LogP contribution in [0.3, 0.4) is 0 Å². The van der Waals surface area contributed by atoms with Crippen molar-refractivity contribution in [2.45, 2.75) is 6.92 Å². The van der Waals surface area contributed by atoms with Gasteiger partial charge in [-0.1, -0.05) is 17.7 Å². The second-order valence-electron chi connectivity index (χ2n) is 4.88. The number of carbonyl (C=O) groups excluding carboxylic acids is 1. The van der Waals surface area contributed by atoms with Crippen LogP contribution < -0.4 is 20.1 Å². The molecule has 1 amide bonds. The summed E-state index contributed by atoms with van der Waals surface area (Å²) in [6.07, 6.45) is 0. The van der Waals surface area contributed by atoms with E-state index < -0.39 is 0 Å². The minimum absolute atomic E-state index is 0.144. The second kappa shape index (κ2) is 6.15. The maximum Gasteiger partial charge on any atom is 0.243 e. The average molecular weight is 319 g/mol. The van der Waals surface area contributed by atoms with Crippen molar-refractivity contribution in [2.24, 2.45) is 0 Å². The Kier molecular flexibility index (Phi) is 4.06. The number of halogens is 1. The fourth-order valence-electron chi connectivity index (χ4n) is 2.13. The minimum Gasteiger partial charge on any atom is -0.454 e. The molecule has 2 N–H and O–H groups in total. The molecule has 1 heterocycles. The van der Waals surface area contributed by atoms with Crippen molar-refractivity contribution in [2.75, 3.05) is 24.0 Å². The second-order valence-corrected chi connectivity index (χ2v) is 5.29. The van der Waals surface area contributed by atoms with Gasteiger partial charge in [0, 0.05) is 22.5 Å². The third-order valence-corrected chi connectivity index (χ3v) is 3.78. The number of fused-ring (bicyclic) bond motifs is 1. The maximum absolute atomic E-state index is 12.0. The van der Waals surface area contributed by atoms with Gasteiger partial charge in [0.05, 0.1) is 6.54 Å². The van der Waals surface area contributed by atoms with Crippen molar-refractivity contribution < 1.29 is 14.3 Å². The fourth-order valence-corrected chi connectivity index (χ4v) is 2.30. The molecule has 22 heavy (non-hydrogen) atoms. The molecule has 114 valence electrons. The first-order valence-electron chi connectivity index (χ1n) is 6.82. The predicted molar refractivity (Wildman–Crippen MR) is 85.9 cm³/mol. The number of benzene rings is 2. The number of carbonyl (C=O) groups is 1. The predicted octanol–water partition coefficient (Wildman–Crippen LogP) is 3.43. The highest BCUT2D eigenvalue weighted by Gasteiger charge is 2.13. The van der Waals surface area contributed by atoms with Gasteiger partial charge in [0.2, 0.25) is 12.7 Å². The standard InChI is InChI=1S/C16H15ClN2O3/c1-10-12(17)3-2-4-13(10)19-16(20)8-18-11-5-6-14-15(7-11)22-9-21-14/h2-7,18H,8-9H2,1H3,(H,19,20). The van der Waals surface area contributed by atoms with Crippen molar-refractivity contribution in [3.8, 4) is 11.5 Å². The van der Waals surface area contributed by atoms with Crippen molar-refractivity contribution in [3.63, 3.8) is 0 Å². The summed E-state index contributed by atoms with van der Waals surface area (Å²) in [4.78, 5) is 12.0. The van der Waals surface area contributed by atoms with Crippen LogP contribution >= 0.6 is 11.6 Å². The highest BCUT2D eigenvalue weighted by molar-refractivity contribution is 6.31. The quantitative estimate of drug-likeness (QED) is 0.906. The lowest BCUT2D eigenvalue weighted by atomic mass is 10.2. The Balaban J connectivity index is 1.59. The summed E-state index contributed by atoms with van der Waals surface area (Å²) in [5.41, 5.74) is 2.35. The van der Waals surface area contributed by atoms with E-state index >= 15 is 0 Å². The molecule has 0 aromatic heterocycles. The van der Waals surface area contributed by atoms with E-state index in [4.69, 9.17) is 21.1 Å².